The highest BCUT2D eigenvalue weighted by molar-refractivity contribution is 7.92. The largest absolute Gasteiger partial charge is 0.352 e. The molecule has 230 valence electrons. The summed E-state index contributed by atoms with van der Waals surface area (Å²) in [6, 6.07) is 29.9. The second kappa shape index (κ2) is 15.2. The highest BCUT2D eigenvalue weighted by Crippen LogP contribution is 2.31. The van der Waals surface area contributed by atoms with Crippen molar-refractivity contribution in [3.05, 3.63) is 130 Å². The third-order valence-electron chi connectivity index (χ3n) is 7.27. The number of amides is 2. The molecule has 1 N–H and O–H groups in total. The molecule has 2 atom stereocenters. The maximum atomic E-state index is 14.4. The van der Waals surface area contributed by atoms with Gasteiger partial charge in [-0.1, -0.05) is 109 Å². The van der Waals surface area contributed by atoms with Crippen molar-refractivity contribution in [3.8, 4) is 0 Å². The molecule has 0 radical (unpaired) electrons. The fourth-order valence-corrected chi connectivity index (χ4v) is 6.38. The van der Waals surface area contributed by atoms with Crippen LogP contribution in [0.3, 0.4) is 0 Å². The number of nitrogens with zero attached hydrogens (tertiary/aromatic N) is 2. The molecular formula is C34H35Cl2N3O4S. The van der Waals surface area contributed by atoms with Crippen LogP contribution in [-0.4, -0.2) is 43.8 Å². The highest BCUT2D eigenvalue weighted by atomic mass is 35.5. The number of sulfonamides is 1. The van der Waals surface area contributed by atoms with Crippen molar-refractivity contribution in [3.63, 3.8) is 0 Å². The van der Waals surface area contributed by atoms with Crippen LogP contribution >= 0.6 is 23.2 Å². The average Bonchev–Trinajstić information content (AvgIpc) is 3.04. The predicted octanol–water partition coefficient (Wildman–Crippen LogP) is 6.74. The lowest BCUT2D eigenvalue weighted by Crippen LogP contribution is -2.54. The third-order valence-corrected chi connectivity index (χ3v) is 9.80. The highest BCUT2D eigenvalue weighted by Gasteiger charge is 2.35. The molecule has 7 nitrogen and oxygen atoms in total. The van der Waals surface area contributed by atoms with Gasteiger partial charge in [0.2, 0.25) is 11.8 Å². The van der Waals surface area contributed by atoms with E-state index in [9.17, 15) is 18.0 Å². The first-order chi connectivity index (χ1) is 21.1. The van der Waals surface area contributed by atoms with Crippen LogP contribution in [0.4, 0.5) is 5.69 Å². The molecule has 44 heavy (non-hydrogen) atoms. The minimum atomic E-state index is -4.23. The van der Waals surface area contributed by atoms with Gasteiger partial charge in [-0.25, -0.2) is 8.42 Å². The fraction of sp³-hybridized carbons (Fsp3) is 0.235. The van der Waals surface area contributed by atoms with Crippen LogP contribution in [0.2, 0.25) is 10.0 Å². The van der Waals surface area contributed by atoms with Crippen LogP contribution in [0.15, 0.2) is 114 Å². The van der Waals surface area contributed by atoms with Crippen molar-refractivity contribution >= 4 is 50.7 Å². The van der Waals surface area contributed by atoms with Gasteiger partial charge in [0.15, 0.2) is 0 Å². The van der Waals surface area contributed by atoms with E-state index in [4.69, 9.17) is 23.2 Å². The molecule has 0 aliphatic heterocycles. The van der Waals surface area contributed by atoms with E-state index < -0.39 is 28.5 Å². The Hall–Kier alpha value is -3.85. The van der Waals surface area contributed by atoms with E-state index in [1.165, 1.54) is 35.2 Å². The number of carbonyl (C=O) groups is 2. The number of benzene rings is 4. The van der Waals surface area contributed by atoms with E-state index in [2.05, 4.69) is 5.32 Å². The van der Waals surface area contributed by atoms with Crippen LogP contribution < -0.4 is 9.62 Å². The lowest BCUT2D eigenvalue weighted by molar-refractivity contribution is -0.140. The Morgan fingerprint density at radius 1 is 0.795 bits per heavy atom. The number of halogens is 2. The summed E-state index contributed by atoms with van der Waals surface area (Å²) < 4.78 is 29.1. The van der Waals surface area contributed by atoms with Crippen molar-refractivity contribution in [1.82, 2.24) is 10.2 Å². The number of rotatable bonds is 13. The molecule has 0 unspecified atom stereocenters. The summed E-state index contributed by atoms with van der Waals surface area (Å²) in [5.41, 5.74) is 1.82. The van der Waals surface area contributed by atoms with E-state index >= 15 is 0 Å². The summed E-state index contributed by atoms with van der Waals surface area (Å²) in [5.74, 6) is -0.876. The van der Waals surface area contributed by atoms with Gasteiger partial charge in [-0.2, -0.15) is 0 Å². The average molecular weight is 653 g/mol. The molecule has 0 fully saturated rings. The predicted molar refractivity (Wildman–Crippen MR) is 176 cm³/mol. The van der Waals surface area contributed by atoms with Crippen LogP contribution in [-0.2, 0) is 32.6 Å². The summed E-state index contributed by atoms with van der Waals surface area (Å²) in [4.78, 5) is 29.7. The summed E-state index contributed by atoms with van der Waals surface area (Å²) in [6.45, 7) is 3.38. The number of carbonyl (C=O) groups excluding carboxylic acids is 2. The lowest BCUT2D eigenvalue weighted by Gasteiger charge is -2.34. The second-order valence-corrected chi connectivity index (χ2v) is 13.1. The molecule has 4 aromatic carbocycles. The van der Waals surface area contributed by atoms with Gasteiger partial charge in [0.05, 0.1) is 20.6 Å². The Kier molecular flexibility index (Phi) is 11.4. The Morgan fingerprint density at radius 3 is 1.93 bits per heavy atom. The molecule has 0 aliphatic rings. The van der Waals surface area contributed by atoms with Crippen LogP contribution in [0, 0.1) is 0 Å². The minimum Gasteiger partial charge on any atom is -0.352 e. The molecular weight excluding hydrogens is 617 g/mol. The molecule has 0 spiro atoms. The molecule has 2 amide bonds. The monoisotopic (exact) mass is 651 g/mol. The van der Waals surface area contributed by atoms with Gasteiger partial charge >= 0.3 is 0 Å². The number of hydrogen-bond donors (Lipinski definition) is 1. The molecule has 0 aromatic heterocycles. The molecule has 0 saturated carbocycles. The van der Waals surface area contributed by atoms with E-state index in [0.717, 1.165) is 15.4 Å². The van der Waals surface area contributed by atoms with Gasteiger partial charge in [-0.05, 0) is 54.8 Å². The van der Waals surface area contributed by atoms with Crippen molar-refractivity contribution < 1.29 is 18.0 Å². The van der Waals surface area contributed by atoms with Crippen LogP contribution in [0.25, 0.3) is 0 Å². The standard InChI is InChI=1S/C34H35Cl2N3O4S/c1-3-25(2)37-34(41)32(21-26-13-7-4-8-14-26)38(23-27-15-9-5-10-16-27)33(40)24-39(28-19-20-30(35)31(36)22-28)44(42,43)29-17-11-6-12-18-29/h4-20,22,25,32H,3,21,23-24H2,1-2H3,(H,37,41)/t25-,32-/m1/s1. The molecule has 0 aliphatic carbocycles. The zero-order valence-electron chi connectivity index (χ0n) is 24.6. The summed E-state index contributed by atoms with van der Waals surface area (Å²) in [6.07, 6.45) is 0.941. The topological polar surface area (TPSA) is 86.8 Å². The van der Waals surface area contributed by atoms with Gasteiger partial charge in [0.1, 0.15) is 12.6 Å². The fourth-order valence-electron chi connectivity index (χ4n) is 4.66. The van der Waals surface area contributed by atoms with Crippen molar-refractivity contribution in [2.45, 2.75) is 50.2 Å². The lowest BCUT2D eigenvalue weighted by atomic mass is 10.0. The first-order valence-electron chi connectivity index (χ1n) is 14.3. The number of hydrogen-bond acceptors (Lipinski definition) is 4. The Balaban J connectivity index is 1.80. The zero-order valence-corrected chi connectivity index (χ0v) is 26.9. The molecule has 4 aromatic rings. The smallest absolute Gasteiger partial charge is 0.264 e. The van der Waals surface area contributed by atoms with Gasteiger partial charge in [-0.3, -0.25) is 13.9 Å². The molecule has 10 heteroatoms. The van der Waals surface area contributed by atoms with Gasteiger partial charge in [0.25, 0.3) is 10.0 Å². The number of anilines is 1. The Labute approximate surface area is 269 Å². The molecule has 0 bridgehead atoms. The first kappa shape index (κ1) is 33.1. The van der Waals surface area contributed by atoms with E-state index in [-0.39, 0.29) is 45.5 Å². The molecule has 0 heterocycles. The van der Waals surface area contributed by atoms with Gasteiger partial charge in [-0.15, -0.1) is 0 Å². The van der Waals surface area contributed by atoms with Crippen molar-refractivity contribution in [2.75, 3.05) is 10.8 Å². The van der Waals surface area contributed by atoms with E-state index in [0.29, 0.717) is 6.42 Å². The zero-order chi connectivity index (χ0) is 31.7. The Bertz CT molecular complexity index is 1660. The summed E-state index contributed by atoms with van der Waals surface area (Å²) in [5, 5.41) is 3.41. The van der Waals surface area contributed by atoms with Gasteiger partial charge in [0, 0.05) is 19.0 Å². The SMILES string of the molecule is CC[C@@H](C)NC(=O)[C@@H](Cc1ccccc1)N(Cc1ccccc1)C(=O)CN(c1ccc(Cl)c(Cl)c1)S(=O)(=O)c1ccccc1. The van der Waals surface area contributed by atoms with Crippen LogP contribution in [0.1, 0.15) is 31.4 Å². The second-order valence-electron chi connectivity index (χ2n) is 10.5. The Morgan fingerprint density at radius 2 is 1.36 bits per heavy atom. The maximum absolute atomic E-state index is 14.4. The molecule has 0 saturated heterocycles. The van der Waals surface area contributed by atoms with Crippen molar-refractivity contribution in [2.24, 2.45) is 0 Å². The summed E-state index contributed by atoms with van der Waals surface area (Å²) >= 11 is 12.5. The first-order valence-corrected chi connectivity index (χ1v) is 16.5. The molecule has 4 rings (SSSR count). The summed E-state index contributed by atoms with van der Waals surface area (Å²) in [7, 11) is -4.23. The van der Waals surface area contributed by atoms with E-state index in [1.54, 1.807) is 18.2 Å². The maximum Gasteiger partial charge on any atom is 0.264 e. The normalized spacial score (nSPS) is 12.6. The quantitative estimate of drug-likeness (QED) is 0.173. The number of nitrogens with one attached hydrogen (secondary N) is 1. The van der Waals surface area contributed by atoms with Gasteiger partial charge < -0.3 is 10.2 Å². The van der Waals surface area contributed by atoms with E-state index in [1.807, 2.05) is 74.5 Å². The van der Waals surface area contributed by atoms with Crippen LogP contribution in [0.5, 0.6) is 0 Å². The van der Waals surface area contributed by atoms with Crippen molar-refractivity contribution in [1.29, 1.82) is 0 Å². The minimum absolute atomic E-state index is 0.00355. The third kappa shape index (κ3) is 8.40.